The van der Waals surface area contributed by atoms with Crippen LogP contribution in [0.3, 0.4) is 0 Å². The summed E-state index contributed by atoms with van der Waals surface area (Å²) in [5.41, 5.74) is 1.79. The third-order valence-corrected chi connectivity index (χ3v) is 7.56. The Kier molecular flexibility index (Phi) is 6.53. The van der Waals surface area contributed by atoms with E-state index >= 15 is 0 Å². The largest absolute Gasteiger partial charge is 0.508 e. The molecule has 0 amide bonds. The summed E-state index contributed by atoms with van der Waals surface area (Å²) in [4.78, 5) is 0. The van der Waals surface area contributed by atoms with E-state index < -0.39 is 0 Å². The summed E-state index contributed by atoms with van der Waals surface area (Å²) in [5, 5.41) is 10.5. The molecule has 0 radical (unpaired) electrons. The van der Waals surface area contributed by atoms with Crippen molar-refractivity contribution in [1.82, 2.24) is 0 Å². The van der Waals surface area contributed by atoms with Crippen LogP contribution in [0.4, 0.5) is 0 Å². The molecule has 2 fully saturated rings. The van der Waals surface area contributed by atoms with Crippen molar-refractivity contribution in [3.05, 3.63) is 29.3 Å². The second-order valence-electron chi connectivity index (χ2n) is 9.41. The fourth-order valence-electron chi connectivity index (χ4n) is 4.79. The molecule has 2 aliphatic carbocycles. The molecule has 0 aliphatic heterocycles. The zero-order valence-electron chi connectivity index (χ0n) is 17.7. The van der Waals surface area contributed by atoms with Crippen LogP contribution in [0.15, 0.2) is 18.2 Å². The van der Waals surface area contributed by atoms with Gasteiger partial charge in [-0.05, 0) is 63.0 Å². The molecular weight excluding hydrogens is 336 g/mol. The second kappa shape index (κ2) is 8.53. The van der Waals surface area contributed by atoms with E-state index in [0.29, 0.717) is 30.8 Å². The number of phenols is 1. The van der Waals surface area contributed by atoms with E-state index in [2.05, 4.69) is 33.8 Å². The minimum absolute atomic E-state index is 0.0638. The quantitative estimate of drug-likeness (QED) is 0.629. The van der Waals surface area contributed by atoms with Gasteiger partial charge in [-0.2, -0.15) is 0 Å². The van der Waals surface area contributed by atoms with Crippen LogP contribution in [-0.4, -0.2) is 16.3 Å². The average molecular weight is 375 g/mol. The van der Waals surface area contributed by atoms with Gasteiger partial charge in [-0.1, -0.05) is 51.7 Å². The molecule has 0 heterocycles. The molecule has 152 valence electrons. The van der Waals surface area contributed by atoms with Crippen LogP contribution in [0, 0.1) is 11.8 Å². The van der Waals surface area contributed by atoms with E-state index in [1.165, 1.54) is 38.5 Å². The van der Waals surface area contributed by atoms with Crippen LogP contribution < -0.4 is 0 Å². The minimum atomic E-state index is -0.0947. The first-order chi connectivity index (χ1) is 12.8. The highest BCUT2D eigenvalue weighted by atomic mass is 16.5. The predicted octanol–water partition coefficient (Wildman–Crippen LogP) is 6.36. The highest BCUT2D eigenvalue weighted by Crippen LogP contribution is 2.39. The first-order valence-corrected chi connectivity index (χ1v) is 10.9. The van der Waals surface area contributed by atoms with E-state index in [1.54, 1.807) is 6.07 Å². The van der Waals surface area contributed by atoms with Crippen molar-refractivity contribution < 1.29 is 14.6 Å². The standard InChI is InChI=1S/C24H38O3/c1-18-10-5-7-14-23(18,3)26-16-20-12-9-13-22(25)21(20)17-27-24(4)15-8-6-11-19(24)2/h9,12-13,18-19,25H,5-8,10-11,14-17H2,1-4H3. The molecular formula is C24H38O3. The third-order valence-electron chi connectivity index (χ3n) is 7.56. The molecule has 4 unspecified atom stereocenters. The number of ether oxygens (including phenoxy) is 2. The summed E-state index contributed by atoms with van der Waals surface area (Å²) in [6.07, 6.45) is 9.76. The Hall–Kier alpha value is -1.06. The number of hydrogen-bond donors (Lipinski definition) is 1. The van der Waals surface area contributed by atoms with Gasteiger partial charge in [0.25, 0.3) is 0 Å². The smallest absolute Gasteiger partial charge is 0.121 e. The molecule has 0 saturated heterocycles. The Morgan fingerprint density at radius 3 is 2.00 bits per heavy atom. The number of hydrogen-bond acceptors (Lipinski definition) is 3. The second-order valence-corrected chi connectivity index (χ2v) is 9.41. The average Bonchev–Trinajstić information content (AvgIpc) is 2.64. The molecule has 1 aromatic carbocycles. The summed E-state index contributed by atoms with van der Waals surface area (Å²) in [6.45, 7) is 10.1. The molecule has 27 heavy (non-hydrogen) atoms. The third kappa shape index (κ3) is 4.68. The zero-order valence-corrected chi connectivity index (χ0v) is 17.7. The van der Waals surface area contributed by atoms with Gasteiger partial charge >= 0.3 is 0 Å². The summed E-state index contributed by atoms with van der Waals surface area (Å²) in [5.74, 6) is 1.45. The van der Waals surface area contributed by atoms with Gasteiger partial charge < -0.3 is 14.6 Å². The normalized spacial score (nSPS) is 34.5. The first kappa shape index (κ1) is 20.7. The van der Waals surface area contributed by atoms with Gasteiger partial charge in [-0.25, -0.2) is 0 Å². The molecule has 1 aromatic rings. The zero-order chi connectivity index (χ0) is 19.5. The Balaban J connectivity index is 1.69. The lowest BCUT2D eigenvalue weighted by molar-refractivity contribution is -0.106. The van der Waals surface area contributed by atoms with Crippen molar-refractivity contribution in [3.63, 3.8) is 0 Å². The predicted molar refractivity (Wildman–Crippen MR) is 110 cm³/mol. The van der Waals surface area contributed by atoms with Gasteiger partial charge in [0, 0.05) is 5.56 Å². The molecule has 3 heteroatoms. The lowest BCUT2D eigenvalue weighted by Gasteiger charge is -2.40. The summed E-state index contributed by atoms with van der Waals surface area (Å²) >= 11 is 0. The number of phenolic OH excluding ortho intramolecular Hbond substituents is 1. The van der Waals surface area contributed by atoms with E-state index in [9.17, 15) is 5.11 Å². The molecule has 0 bridgehead atoms. The van der Waals surface area contributed by atoms with Crippen molar-refractivity contribution >= 4 is 0 Å². The topological polar surface area (TPSA) is 38.7 Å². The first-order valence-electron chi connectivity index (χ1n) is 10.9. The van der Waals surface area contributed by atoms with E-state index in [4.69, 9.17) is 9.47 Å². The maximum Gasteiger partial charge on any atom is 0.121 e. The van der Waals surface area contributed by atoms with Crippen molar-refractivity contribution in [3.8, 4) is 5.75 Å². The molecule has 4 atom stereocenters. The monoisotopic (exact) mass is 374 g/mol. The minimum Gasteiger partial charge on any atom is -0.508 e. The van der Waals surface area contributed by atoms with Crippen LogP contribution >= 0.6 is 0 Å². The maximum atomic E-state index is 10.5. The van der Waals surface area contributed by atoms with Crippen LogP contribution in [0.2, 0.25) is 0 Å². The van der Waals surface area contributed by atoms with Gasteiger partial charge in [-0.15, -0.1) is 0 Å². The Labute approximate surface area is 165 Å². The lowest BCUT2D eigenvalue weighted by Crippen LogP contribution is -2.39. The van der Waals surface area contributed by atoms with Crippen LogP contribution in [0.25, 0.3) is 0 Å². The molecule has 3 nitrogen and oxygen atoms in total. The van der Waals surface area contributed by atoms with Crippen molar-refractivity contribution in [2.24, 2.45) is 11.8 Å². The molecule has 0 spiro atoms. The van der Waals surface area contributed by atoms with Gasteiger partial charge in [-0.3, -0.25) is 0 Å². The fourth-order valence-corrected chi connectivity index (χ4v) is 4.79. The SMILES string of the molecule is CC1CCCCC1(C)OCc1cccc(O)c1COC1(C)CCCCC1C. The summed E-state index contributed by atoms with van der Waals surface area (Å²) < 4.78 is 12.8. The fraction of sp³-hybridized carbons (Fsp3) is 0.750. The van der Waals surface area contributed by atoms with Crippen molar-refractivity contribution in [2.75, 3.05) is 0 Å². The Bertz CT molecular complexity index is 628. The van der Waals surface area contributed by atoms with Crippen molar-refractivity contribution in [1.29, 1.82) is 0 Å². The van der Waals surface area contributed by atoms with Gasteiger partial charge in [0.05, 0.1) is 24.4 Å². The Morgan fingerprint density at radius 1 is 0.889 bits per heavy atom. The maximum absolute atomic E-state index is 10.5. The van der Waals surface area contributed by atoms with Gasteiger partial charge in [0.2, 0.25) is 0 Å². The molecule has 1 N–H and O–H groups in total. The molecule has 2 saturated carbocycles. The molecule has 3 rings (SSSR count). The van der Waals surface area contributed by atoms with Crippen molar-refractivity contribution in [2.45, 2.75) is 103 Å². The van der Waals surface area contributed by atoms with Crippen LogP contribution in [0.1, 0.15) is 90.2 Å². The van der Waals surface area contributed by atoms with Crippen LogP contribution in [-0.2, 0) is 22.7 Å². The number of benzene rings is 1. The highest BCUT2D eigenvalue weighted by molar-refractivity contribution is 5.38. The highest BCUT2D eigenvalue weighted by Gasteiger charge is 2.36. The van der Waals surface area contributed by atoms with Crippen LogP contribution in [0.5, 0.6) is 5.75 Å². The van der Waals surface area contributed by atoms with E-state index in [0.717, 1.165) is 24.0 Å². The lowest BCUT2D eigenvalue weighted by atomic mass is 9.77. The molecule has 0 aromatic heterocycles. The van der Waals surface area contributed by atoms with E-state index in [1.807, 2.05) is 6.07 Å². The van der Waals surface area contributed by atoms with E-state index in [-0.39, 0.29) is 11.2 Å². The molecule has 2 aliphatic rings. The number of rotatable bonds is 6. The summed E-state index contributed by atoms with van der Waals surface area (Å²) in [6, 6.07) is 5.75. The summed E-state index contributed by atoms with van der Waals surface area (Å²) in [7, 11) is 0. The van der Waals surface area contributed by atoms with Gasteiger partial charge in [0.1, 0.15) is 5.75 Å². The number of aromatic hydroxyl groups is 1. The van der Waals surface area contributed by atoms with Gasteiger partial charge in [0.15, 0.2) is 0 Å². The Morgan fingerprint density at radius 2 is 1.44 bits per heavy atom.